The number of nitriles is 1. The van der Waals surface area contributed by atoms with E-state index in [2.05, 4.69) is 43.4 Å². The summed E-state index contributed by atoms with van der Waals surface area (Å²) in [4.78, 5) is 23.5. The van der Waals surface area contributed by atoms with Crippen LogP contribution >= 0.6 is 0 Å². The summed E-state index contributed by atoms with van der Waals surface area (Å²) in [6.45, 7) is 4.01. The van der Waals surface area contributed by atoms with Gasteiger partial charge in [0.15, 0.2) is 13.2 Å². The molecule has 1 amide bonds. The van der Waals surface area contributed by atoms with E-state index in [1.807, 2.05) is 6.07 Å². The minimum atomic E-state index is -0.674. The van der Waals surface area contributed by atoms with Crippen molar-refractivity contribution in [1.82, 2.24) is 5.32 Å². The molecule has 0 aliphatic heterocycles. The van der Waals surface area contributed by atoms with Crippen molar-refractivity contribution >= 4 is 11.9 Å². The summed E-state index contributed by atoms with van der Waals surface area (Å²) in [5.41, 5.74) is 2.74. The van der Waals surface area contributed by atoms with Gasteiger partial charge in [0, 0.05) is 6.54 Å². The molecule has 0 fully saturated rings. The molecule has 0 bridgehead atoms. The van der Waals surface area contributed by atoms with E-state index in [1.54, 1.807) is 24.3 Å². The summed E-state index contributed by atoms with van der Waals surface area (Å²) in [7, 11) is 0. The van der Waals surface area contributed by atoms with Crippen LogP contribution in [0, 0.1) is 11.3 Å². The monoisotopic (exact) mass is 380 g/mol. The van der Waals surface area contributed by atoms with Crippen molar-refractivity contribution in [2.75, 3.05) is 19.8 Å². The van der Waals surface area contributed by atoms with E-state index >= 15 is 0 Å². The molecule has 146 valence electrons. The lowest BCUT2D eigenvalue weighted by atomic mass is 10.0. The van der Waals surface area contributed by atoms with E-state index in [-0.39, 0.29) is 19.1 Å². The molecule has 6 heteroatoms. The summed E-state index contributed by atoms with van der Waals surface area (Å²) in [6, 6.07) is 16.8. The molecular weight excluding hydrogens is 356 g/mol. The van der Waals surface area contributed by atoms with Crippen LogP contribution in [-0.2, 0) is 20.7 Å². The average Bonchev–Trinajstić information content (AvgIpc) is 2.71. The standard InChI is InChI=1S/C22H24N2O4/c1-16(2)18-9-7-17(8-10-18)11-12-24-21(25)14-28-22(26)15-27-20-6-4-3-5-19(20)13-23/h3-10,16H,11-12,14-15H2,1-2H3,(H,24,25). The van der Waals surface area contributed by atoms with Crippen LogP contribution in [0.4, 0.5) is 0 Å². The predicted octanol–water partition coefficient (Wildman–Crippen LogP) is 2.96. The molecule has 0 saturated carbocycles. The lowest BCUT2D eigenvalue weighted by molar-refractivity contribution is -0.150. The fraction of sp³-hybridized carbons (Fsp3) is 0.318. The summed E-state index contributed by atoms with van der Waals surface area (Å²) in [6.07, 6.45) is 0.701. The van der Waals surface area contributed by atoms with Crippen molar-refractivity contribution in [3.63, 3.8) is 0 Å². The fourth-order valence-electron chi connectivity index (χ4n) is 2.48. The number of amides is 1. The number of hydrogen-bond acceptors (Lipinski definition) is 5. The number of carbonyl (C=O) groups is 2. The second kappa shape index (κ2) is 10.7. The molecule has 0 aromatic heterocycles. The Kier molecular flexibility index (Phi) is 8.04. The summed E-state index contributed by atoms with van der Waals surface area (Å²) in [5, 5.41) is 11.7. The SMILES string of the molecule is CC(C)c1ccc(CCNC(=O)COC(=O)COc2ccccc2C#N)cc1. The van der Waals surface area contributed by atoms with E-state index in [1.165, 1.54) is 5.56 Å². The van der Waals surface area contributed by atoms with E-state index < -0.39 is 5.97 Å². The van der Waals surface area contributed by atoms with Crippen molar-refractivity contribution in [2.45, 2.75) is 26.2 Å². The second-order valence-corrected chi connectivity index (χ2v) is 6.55. The molecule has 0 aliphatic carbocycles. The van der Waals surface area contributed by atoms with Crippen molar-refractivity contribution in [1.29, 1.82) is 5.26 Å². The molecule has 0 unspecified atom stereocenters. The van der Waals surface area contributed by atoms with Gasteiger partial charge in [-0.1, -0.05) is 50.2 Å². The molecule has 0 radical (unpaired) electrons. The first-order valence-electron chi connectivity index (χ1n) is 9.12. The molecule has 0 saturated heterocycles. The van der Waals surface area contributed by atoms with E-state index in [9.17, 15) is 9.59 Å². The van der Waals surface area contributed by atoms with Crippen molar-refractivity contribution in [3.8, 4) is 11.8 Å². The number of hydrogen-bond donors (Lipinski definition) is 1. The van der Waals surface area contributed by atoms with Gasteiger partial charge >= 0.3 is 5.97 Å². The minimum absolute atomic E-state index is 0.301. The van der Waals surface area contributed by atoms with Crippen LogP contribution < -0.4 is 10.1 Å². The Morgan fingerprint density at radius 3 is 2.46 bits per heavy atom. The molecular formula is C22H24N2O4. The highest BCUT2D eigenvalue weighted by molar-refractivity contribution is 5.80. The number of rotatable bonds is 9. The van der Waals surface area contributed by atoms with Gasteiger partial charge in [-0.05, 0) is 35.6 Å². The summed E-state index contributed by atoms with van der Waals surface area (Å²) in [5.74, 6) is -0.257. The van der Waals surface area contributed by atoms with Gasteiger partial charge in [-0.15, -0.1) is 0 Å². The number of nitrogens with one attached hydrogen (secondary N) is 1. The highest BCUT2D eigenvalue weighted by atomic mass is 16.6. The molecule has 0 heterocycles. The van der Waals surface area contributed by atoms with E-state index in [4.69, 9.17) is 14.7 Å². The Bertz CT molecular complexity index is 838. The Morgan fingerprint density at radius 2 is 1.79 bits per heavy atom. The summed E-state index contributed by atoms with van der Waals surface area (Å²) >= 11 is 0. The van der Waals surface area contributed by atoms with Gasteiger partial charge < -0.3 is 14.8 Å². The van der Waals surface area contributed by atoms with Crippen LogP contribution in [0.15, 0.2) is 48.5 Å². The third-order valence-corrected chi connectivity index (χ3v) is 4.10. The third kappa shape index (κ3) is 6.76. The maximum atomic E-state index is 11.8. The zero-order valence-corrected chi connectivity index (χ0v) is 16.1. The van der Waals surface area contributed by atoms with Crippen LogP contribution in [-0.4, -0.2) is 31.6 Å². The van der Waals surface area contributed by atoms with Crippen molar-refractivity contribution < 1.29 is 19.1 Å². The van der Waals surface area contributed by atoms with Crippen molar-refractivity contribution in [3.05, 3.63) is 65.2 Å². The van der Waals surface area contributed by atoms with Gasteiger partial charge in [0.2, 0.25) is 0 Å². The Hall–Kier alpha value is -3.33. The molecule has 1 N–H and O–H groups in total. The molecule has 0 aliphatic rings. The maximum absolute atomic E-state index is 11.8. The van der Waals surface area contributed by atoms with Crippen LogP contribution in [0.5, 0.6) is 5.75 Å². The van der Waals surface area contributed by atoms with Gasteiger partial charge in [-0.2, -0.15) is 5.26 Å². The first-order valence-corrected chi connectivity index (χ1v) is 9.12. The minimum Gasteiger partial charge on any atom is -0.481 e. The largest absolute Gasteiger partial charge is 0.481 e. The molecule has 2 aromatic carbocycles. The molecule has 0 atom stereocenters. The number of esters is 1. The van der Waals surface area contributed by atoms with Crippen LogP contribution in [0.3, 0.4) is 0 Å². The zero-order valence-electron chi connectivity index (χ0n) is 16.1. The maximum Gasteiger partial charge on any atom is 0.344 e. The Labute approximate surface area is 165 Å². The molecule has 0 spiro atoms. The fourth-order valence-corrected chi connectivity index (χ4v) is 2.48. The van der Waals surface area contributed by atoms with Gasteiger partial charge in [0.05, 0.1) is 5.56 Å². The average molecular weight is 380 g/mol. The van der Waals surface area contributed by atoms with Crippen LogP contribution in [0.25, 0.3) is 0 Å². The Balaban J connectivity index is 1.65. The first-order chi connectivity index (χ1) is 13.5. The van der Waals surface area contributed by atoms with E-state index in [0.717, 1.165) is 5.56 Å². The van der Waals surface area contributed by atoms with Gasteiger partial charge in [-0.25, -0.2) is 4.79 Å². The lowest BCUT2D eigenvalue weighted by Crippen LogP contribution is -2.31. The normalized spacial score (nSPS) is 10.2. The molecule has 28 heavy (non-hydrogen) atoms. The van der Waals surface area contributed by atoms with Crippen molar-refractivity contribution in [2.24, 2.45) is 0 Å². The van der Waals surface area contributed by atoms with Gasteiger partial charge in [0.25, 0.3) is 5.91 Å². The topological polar surface area (TPSA) is 88.4 Å². The van der Waals surface area contributed by atoms with Crippen LogP contribution in [0.1, 0.15) is 36.5 Å². The molecule has 6 nitrogen and oxygen atoms in total. The molecule has 2 aromatic rings. The number of nitrogens with zero attached hydrogens (tertiary/aromatic N) is 1. The summed E-state index contributed by atoms with van der Waals surface area (Å²) < 4.78 is 10.1. The second-order valence-electron chi connectivity index (χ2n) is 6.55. The number of ether oxygens (including phenoxy) is 2. The van der Waals surface area contributed by atoms with Crippen LogP contribution in [0.2, 0.25) is 0 Å². The van der Waals surface area contributed by atoms with Gasteiger partial charge in [-0.3, -0.25) is 4.79 Å². The lowest BCUT2D eigenvalue weighted by Gasteiger charge is -2.09. The van der Waals surface area contributed by atoms with Gasteiger partial charge in [0.1, 0.15) is 11.8 Å². The zero-order chi connectivity index (χ0) is 20.4. The first kappa shape index (κ1) is 21.0. The number of benzene rings is 2. The number of para-hydroxylation sites is 1. The predicted molar refractivity (Wildman–Crippen MR) is 105 cm³/mol. The Morgan fingerprint density at radius 1 is 1.07 bits per heavy atom. The van der Waals surface area contributed by atoms with E-state index in [0.29, 0.717) is 30.2 Å². The molecule has 2 rings (SSSR count). The quantitative estimate of drug-likeness (QED) is 0.676. The highest BCUT2D eigenvalue weighted by Crippen LogP contribution is 2.16. The smallest absolute Gasteiger partial charge is 0.344 e. The third-order valence-electron chi connectivity index (χ3n) is 4.10. The highest BCUT2D eigenvalue weighted by Gasteiger charge is 2.10. The number of carbonyl (C=O) groups excluding carboxylic acids is 2.